The first kappa shape index (κ1) is 14.9. The quantitative estimate of drug-likeness (QED) is 0.895. The summed E-state index contributed by atoms with van der Waals surface area (Å²) in [6.45, 7) is 2.42. The Kier molecular flexibility index (Phi) is 5.06. The number of aryl methyl sites for hydroxylation is 1. The van der Waals surface area contributed by atoms with Crippen molar-refractivity contribution in [2.24, 2.45) is 5.92 Å². The second kappa shape index (κ2) is 6.79. The Morgan fingerprint density at radius 1 is 1.45 bits per heavy atom. The highest BCUT2D eigenvalue weighted by Crippen LogP contribution is 2.18. The van der Waals surface area contributed by atoms with Crippen LogP contribution in [0.1, 0.15) is 18.4 Å². The summed E-state index contributed by atoms with van der Waals surface area (Å²) < 4.78 is 26.5. The molecule has 3 nitrogen and oxygen atoms in total. The SMILES string of the molecule is CNCC1CCN(C(=O)CCc2cccc(F)c2F)C1. The van der Waals surface area contributed by atoms with Crippen LogP contribution in [0.2, 0.25) is 0 Å². The molecule has 0 aromatic heterocycles. The van der Waals surface area contributed by atoms with Gasteiger partial charge in [0.15, 0.2) is 11.6 Å². The number of carbonyl (C=O) groups excluding carboxylic acids is 1. The van der Waals surface area contributed by atoms with Crippen molar-refractivity contribution in [2.45, 2.75) is 19.3 Å². The zero-order valence-electron chi connectivity index (χ0n) is 11.7. The summed E-state index contributed by atoms with van der Waals surface area (Å²) in [5.41, 5.74) is 0.268. The van der Waals surface area contributed by atoms with Crippen molar-refractivity contribution in [1.29, 1.82) is 0 Å². The number of benzene rings is 1. The largest absolute Gasteiger partial charge is 0.342 e. The lowest BCUT2D eigenvalue weighted by molar-refractivity contribution is -0.130. The van der Waals surface area contributed by atoms with E-state index in [-0.39, 0.29) is 24.3 Å². The second-order valence-electron chi connectivity index (χ2n) is 5.27. The van der Waals surface area contributed by atoms with Gasteiger partial charge in [-0.1, -0.05) is 12.1 Å². The Balaban J connectivity index is 1.85. The number of amides is 1. The molecule has 20 heavy (non-hydrogen) atoms. The van der Waals surface area contributed by atoms with Gasteiger partial charge in [-0.15, -0.1) is 0 Å². The molecule has 1 N–H and O–H groups in total. The number of rotatable bonds is 5. The summed E-state index contributed by atoms with van der Waals surface area (Å²) >= 11 is 0. The van der Waals surface area contributed by atoms with Crippen molar-refractivity contribution in [3.05, 3.63) is 35.4 Å². The summed E-state index contributed by atoms with van der Waals surface area (Å²) in [6, 6.07) is 4.08. The predicted octanol–water partition coefficient (Wildman–Crippen LogP) is 1.97. The molecule has 1 atom stereocenters. The van der Waals surface area contributed by atoms with E-state index in [1.165, 1.54) is 12.1 Å². The van der Waals surface area contributed by atoms with Gasteiger partial charge in [0.25, 0.3) is 0 Å². The van der Waals surface area contributed by atoms with E-state index in [9.17, 15) is 13.6 Å². The first-order valence-corrected chi connectivity index (χ1v) is 6.97. The molecule has 1 amide bonds. The van der Waals surface area contributed by atoms with Crippen LogP contribution in [0.25, 0.3) is 0 Å². The van der Waals surface area contributed by atoms with Crippen molar-refractivity contribution in [3.63, 3.8) is 0 Å². The minimum atomic E-state index is -0.856. The van der Waals surface area contributed by atoms with Gasteiger partial charge in [-0.2, -0.15) is 0 Å². The van der Waals surface area contributed by atoms with Crippen LogP contribution >= 0.6 is 0 Å². The lowest BCUT2D eigenvalue weighted by atomic mass is 10.1. The maximum atomic E-state index is 13.5. The zero-order chi connectivity index (χ0) is 14.5. The molecule has 1 aromatic rings. The fourth-order valence-corrected chi connectivity index (χ4v) is 2.66. The fraction of sp³-hybridized carbons (Fsp3) is 0.533. The van der Waals surface area contributed by atoms with E-state index < -0.39 is 11.6 Å². The molecular formula is C15H20F2N2O. The summed E-state index contributed by atoms with van der Waals surface area (Å²) in [6.07, 6.45) is 1.48. The van der Waals surface area contributed by atoms with Gasteiger partial charge >= 0.3 is 0 Å². The van der Waals surface area contributed by atoms with E-state index in [4.69, 9.17) is 0 Å². The standard InChI is InChI=1S/C15H20F2N2O/c1-18-9-11-7-8-19(10-11)14(20)6-5-12-3-2-4-13(16)15(12)17/h2-4,11,18H,5-10H2,1H3. The molecule has 0 saturated carbocycles. The van der Waals surface area contributed by atoms with E-state index >= 15 is 0 Å². The molecule has 2 rings (SSSR count). The van der Waals surface area contributed by atoms with Crippen LogP contribution in [0.4, 0.5) is 8.78 Å². The number of nitrogens with one attached hydrogen (secondary N) is 1. The molecule has 0 bridgehead atoms. The first-order valence-electron chi connectivity index (χ1n) is 6.97. The average Bonchev–Trinajstić information content (AvgIpc) is 2.89. The zero-order valence-corrected chi connectivity index (χ0v) is 11.7. The van der Waals surface area contributed by atoms with E-state index in [0.717, 1.165) is 32.1 Å². The smallest absolute Gasteiger partial charge is 0.222 e. The lowest BCUT2D eigenvalue weighted by Crippen LogP contribution is -2.30. The molecule has 0 aliphatic carbocycles. The average molecular weight is 282 g/mol. The van der Waals surface area contributed by atoms with Gasteiger partial charge in [-0.3, -0.25) is 4.79 Å². The molecule has 1 aliphatic heterocycles. The number of hydrogen-bond donors (Lipinski definition) is 1. The van der Waals surface area contributed by atoms with Crippen molar-refractivity contribution >= 4 is 5.91 Å². The molecule has 1 fully saturated rings. The van der Waals surface area contributed by atoms with Crippen LogP contribution in [0.5, 0.6) is 0 Å². The van der Waals surface area contributed by atoms with Crippen LogP contribution in [0, 0.1) is 17.6 Å². The third-order valence-corrected chi connectivity index (χ3v) is 3.77. The van der Waals surface area contributed by atoms with Gasteiger partial charge in [-0.05, 0) is 44.0 Å². The van der Waals surface area contributed by atoms with Crippen LogP contribution in [-0.4, -0.2) is 37.5 Å². The summed E-state index contributed by atoms with van der Waals surface area (Å²) in [7, 11) is 1.90. The Bertz CT molecular complexity index is 479. The Hall–Kier alpha value is -1.49. The maximum Gasteiger partial charge on any atom is 0.222 e. The van der Waals surface area contributed by atoms with E-state index in [1.807, 2.05) is 11.9 Å². The van der Waals surface area contributed by atoms with Gasteiger partial charge < -0.3 is 10.2 Å². The van der Waals surface area contributed by atoms with Gasteiger partial charge in [0.2, 0.25) is 5.91 Å². The molecule has 0 radical (unpaired) electrons. The molecule has 1 aliphatic rings. The normalized spacial score (nSPS) is 18.6. The minimum absolute atomic E-state index is 0.0206. The monoisotopic (exact) mass is 282 g/mol. The van der Waals surface area contributed by atoms with Crippen LogP contribution < -0.4 is 5.32 Å². The van der Waals surface area contributed by atoms with Crippen LogP contribution in [0.3, 0.4) is 0 Å². The van der Waals surface area contributed by atoms with Crippen LogP contribution in [-0.2, 0) is 11.2 Å². The van der Waals surface area contributed by atoms with Crippen molar-refractivity contribution in [2.75, 3.05) is 26.7 Å². The Morgan fingerprint density at radius 2 is 2.25 bits per heavy atom. The third-order valence-electron chi connectivity index (χ3n) is 3.77. The highest BCUT2D eigenvalue weighted by Gasteiger charge is 2.25. The molecular weight excluding hydrogens is 262 g/mol. The number of halogens is 2. The highest BCUT2D eigenvalue weighted by molar-refractivity contribution is 5.76. The van der Waals surface area contributed by atoms with Crippen molar-refractivity contribution in [3.8, 4) is 0 Å². The fourth-order valence-electron chi connectivity index (χ4n) is 2.66. The van der Waals surface area contributed by atoms with Gasteiger partial charge in [0, 0.05) is 19.5 Å². The Morgan fingerprint density at radius 3 is 3.00 bits per heavy atom. The van der Waals surface area contributed by atoms with Gasteiger partial charge in [-0.25, -0.2) is 8.78 Å². The van der Waals surface area contributed by atoms with Gasteiger partial charge in [0.1, 0.15) is 0 Å². The number of nitrogens with zero attached hydrogens (tertiary/aromatic N) is 1. The molecule has 1 unspecified atom stereocenters. The first-order chi connectivity index (χ1) is 9.61. The molecule has 110 valence electrons. The summed E-state index contributed by atoms with van der Waals surface area (Å²) in [5, 5.41) is 3.11. The van der Waals surface area contributed by atoms with Crippen molar-refractivity contribution in [1.82, 2.24) is 10.2 Å². The predicted molar refractivity (Wildman–Crippen MR) is 73.3 cm³/mol. The summed E-state index contributed by atoms with van der Waals surface area (Å²) in [5.74, 6) is -1.18. The van der Waals surface area contributed by atoms with Crippen molar-refractivity contribution < 1.29 is 13.6 Å². The number of likely N-dealkylation sites (tertiary alicyclic amines) is 1. The maximum absolute atomic E-state index is 13.5. The second-order valence-corrected chi connectivity index (χ2v) is 5.27. The molecule has 1 heterocycles. The minimum Gasteiger partial charge on any atom is -0.342 e. The van der Waals surface area contributed by atoms with E-state index in [0.29, 0.717) is 5.92 Å². The Labute approximate surface area is 118 Å². The molecule has 5 heteroatoms. The summed E-state index contributed by atoms with van der Waals surface area (Å²) in [4.78, 5) is 13.9. The molecule has 0 spiro atoms. The topological polar surface area (TPSA) is 32.3 Å². The number of carbonyl (C=O) groups is 1. The van der Waals surface area contributed by atoms with E-state index in [1.54, 1.807) is 0 Å². The lowest BCUT2D eigenvalue weighted by Gasteiger charge is -2.16. The third kappa shape index (κ3) is 3.54. The highest BCUT2D eigenvalue weighted by atomic mass is 19.2. The number of hydrogen-bond acceptors (Lipinski definition) is 2. The molecule has 1 aromatic carbocycles. The van der Waals surface area contributed by atoms with Crippen LogP contribution in [0.15, 0.2) is 18.2 Å². The van der Waals surface area contributed by atoms with E-state index in [2.05, 4.69) is 5.32 Å². The molecule has 1 saturated heterocycles. The van der Waals surface area contributed by atoms with Gasteiger partial charge in [0.05, 0.1) is 0 Å².